The van der Waals surface area contributed by atoms with Crippen LogP contribution >= 0.6 is 11.6 Å². The summed E-state index contributed by atoms with van der Waals surface area (Å²) < 4.78 is 9.88. The monoisotopic (exact) mass is 213 g/mol. The van der Waals surface area contributed by atoms with E-state index in [0.717, 1.165) is 0 Å². The molecule has 5 nitrogen and oxygen atoms in total. The molecule has 0 radical (unpaired) electrons. The zero-order valence-electron chi connectivity index (χ0n) is 7.69. The van der Waals surface area contributed by atoms with Crippen molar-refractivity contribution in [2.24, 2.45) is 0 Å². The highest BCUT2D eigenvalue weighted by Gasteiger charge is 2.16. The maximum absolute atomic E-state index is 5.79. The minimum absolute atomic E-state index is 0.271. The quantitative estimate of drug-likeness (QED) is 0.717. The Bertz CT molecular complexity index is 435. The molecule has 0 amide bonds. The first-order valence-corrected chi connectivity index (χ1v) is 4.51. The van der Waals surface area contributed by atoms with Gasteiger partial charge in [-0.15, -0.1) is 11.6 Å². The van der Waals surface area contributed by atoms with Crippen LogP contribution in [0, 0.1) is 6.92 Å². The maximum Gasteiger partial charge on any atom is 0.263 e. The van der Waals surface area contributed by atoms with E-state index in [1.807, 2.05) is 0 Å². The van der Waals surface area contributed by atoms with Gasteiger partial charge in [-0.3, -0.25) is 0 Å². The van der Waals surface area contributed by atoms with E-state index in [-0.39, 0.29) is 5.38 Å². The summed E-state index contributed by atoms with van der Waals surface area (Å²) in [4.78, 5) is 4.10. The molecular weight excluding hydrogens is 206 g/mol. The molecule has 14 heavy (non-hydrogen) atoms. The van der Waals surface area contributed by atoms with E-state index < -0.39 is 0 Å². The molecule has 0 fully saturated rings. The molecule has 0 aliphatic carbocycles. The number of hydrogen-bond acceptors (Lipinski definition) is 5. The summed E-state index contributed by atoms with van der Waals surface area (Å²) in [6.45, 7) is 3.55. The lowest BCUT2D eigenvalue weighted by molar-refractivity contribution is 0.395. The predicted molar refractivity (Wildman–Crippen MR) is 48.8 cm³/mol. The van der Waals surface area contributed by atoms with Crippen LogP contribution < -0.4 is 0 Å². The number of alkyl halides is 1. The molecular formula is C8H8ClN3O2. The zero-order valence-corrected chi connectivity index (χ0v) is 8.45. The Morgan fingerprint density at radius 1 is 1.43 bits per heavy atom. The van der Waals surface area contributed by atoms with E-state index in [1.54, 1.807) is 13.8 Å². The number of rotatable bonds is 2. The highest BCUT2D eigenvalue weighted by Crippen LogP contribution is 2.23. The molecule has 2 rings (SSSR count). The summed E-state index contributed by atoms with van der Waals surface area (Å²) in [5.74, 6) is 1.48. The minimum Gasteiger partial charge on any atom is -0.361 e. The predicted octanol–water partition coefficient (Wildman–Crippen LogP) is 2.33. The SMILES string of the molecule is Cc1oncc1-c1nc(C(C)Cl)no1. The van der Waals surface area contributed by atoms with Crippen molar-refractivity contribution < 1.29 is 9.05 Å². The molecule has 0 saturated heterocycles. The summed E-state index contributed by atoms with van der Waals surface area (Å²) in [7, 11) is 0. The van der Waals surface area contributed by atoms with Crippen LogP contribution in [0.5, 0.6) is 0 Å². The lowest BCUT2D eigenvalue weighted by Crippen LogP contribution is -1.86. The van der Waals surface area contributed by atoms with Crippen LogP contribution in [0.3, 0.4) is 0 Å². The molecule has 0 saturated carbocycles. The van der Waals surface area contributed by atoms with Gasteiger partial charge in [-0.1, -0.05) is 10.3 Å². The molecule has 6 heteroatoms. The molecule has 2 aromatic rings. The Morgan fingerprint density at radius 3 is 2.71 bits per heavy atom. The lowest BCUT2D eigenvalue weighted by atomic mass is 10.3. The van der Waals surface area contributed by atoms with Gasteiger partial charge in [-0.2, -0.15) is 4.98 Å². The molecule has 74 valence electrons. The Balaban J connectivity index is 2.39. The number of hydrogen-bond donors (Lipinski definition) is 0. The molecule has 0 bridgehead atoms. The third-order valence-corrected chi connectivity index (χ3v) is 1.97. The van der Waals surface area contributed by atoms with Crippen LogP contribution in [0.1, 0.15) is 23.9 Å². The first-order chi connectivity index (χ1) is 6.68. The van der Waals surface area contributed by atoms with Crippen LogP contribution in [0.2, 0.25) is 0 Å². The number of aromatic nitrogens is 3. The van der Waals surface area contributed by atoms with Gasteiger partial charge in [0, 0.05) is 0 Å². The molecule has 1 atom stereocenters. The summed E-state index contributed by atoms with van der Waals surface area (Å²) >= 11 is 5.79. The Hall–Kier alpha value is -1.36. The van der Waals surface area contributed by atoms with Crippen molar-refractivity contribution in [2.45, 2.75) is 19.2 Å². The molecule has 0 spiro atoms. The normalized spacial score (nSPS) is 13.1. The lowest BCUT2D eigenvalue weighted by Gasteiger charge is -1.89. The first-order valence-electron chi connectivity index (χ1n) is 4.08. The summed E-state index contributed by atoms with van der Waals surface area (Å²) in [5, 5.41) is 7.07. The second-order valence-electron chi connectivity index (χ2n) is 2.87. The number of aryl methyl sites for hydroxylation is 1. The Labute approximate surface area is 85.0 Å². The smallest absolute Gasteiger partial charge is 0.263 e. The molecule has 0 N–H and O–H groups in total. The van der Waals surface area contributed by atoms with Gasteiger partial charge in [0.2, 0.25) is 0 Å². The van der Waals surface area contributed by atoms with E-state index >= 15 is 0 Å². The van der Waals surface area contributed by atoms with Crippen LogP contribution in [-0.2, 0) is 0 Å². The van der Waals surface area contributed by atoms with E-state index in [1.165, 1.54) is 6.20 Å². The zero-order chi connectivity index (χ0) is 10.1. The number of halogens is 1. The molecule has 0 aliphatic heterocycles. The Morgan fingerprint density at radius 2 is 2.21 bits per heavy atom. The van der Waals surface area contributed by atoms with Gasteiger partial charge in [0.25, 0.3) is 5.89 Å². The van der Waals surface area contributed by atoms with Crippen LogP contribution in [0.25, 0.3) is 11.5 Å². The van der Waals surface area contributed by atoms with Crippen molar-refractivity contribution in [3.8, 4) is 11.5 Å². The first kappa shape index (κ1) is 9.21. The molecule has 0 aromatic carbocycles. The third-order valence-electron chi connectivity index (χ3n) is 1.78. The van der Waals surface area contributed by atoms with E-state index in [2.05, 4.69) is 15.3 Å². The van der Waals surface area contributed by atoms with Crippen molar-refractivity contribution >= 4 is 11.6 Å². The fourth-order valence-electron chi connectivity index (χ4n) is 1.01. The summed E-state index contributed by atoms with van der Waals surface area (Å²) in [5.41, 5.74) is 0.695. The number of nitrogens with zero attached hydrogens (tertiary/aromatic N) is 3. The van der Waals surface area contributed by atoms with Gasteiger partial charge < -0.3 is 9.05 Å². The molecule has 2 aromatic heterocycles. The van der Waals surface area contributed by atoms with Gasteiger partial charge in [0.05, 0.1) is 11.6 Å². The second-order valence-corrected chi connectivity index (χ2v) is 3.52. The summed E-state index contributed by atoms with van der Waals surface area (Å²) in [6, 6.07) is 0. The van der Waals surface area contributed by atoms with Crippen molar-refractivity contribution in [3.05, 3.63) is 17.8 Å². The van der Waals surface area contributed by atoms with Crippen molar-refractivity contribution in [2.75, 3.05) is 0 Å². The minimum atomic E-state index is -0.271. The molecule has 1 unspecified atom stereocenters. The average Bonchev–Trinajstić information content (AvgIpc) is 2.71. The Kier molecular flexibility index (Phi) is 2.25. The standard InChI is InChI=1S/C8H8ClN3O2/c1-4(9)7-11-8(14-12-7)6-3-10-13-5(6)2/h3-4H,1-2H3. The third kappa shape index (κ3) is 1.50. The van der Waals surface area contributed by atoms with E-state index in [0.29, 0.717) is 23.0 Å². The second kappa shape index (κ2) is 3.42. The van der Waals surface area contributed by atoms with Crippen LogP contribution in [0.4, 0.5) is 0 Å². The highest BCUT2D eigenvalue weighted by atomic mass is 35.5. The fourth-order valence-corrected chi connectivity index (χ4v) is 1.10. The largest absolute Gasteiger partial charge is 0.361 e. The van der Waals surface area contributed by atoms with E-state index in [9.17, 15) is 0 Å². The van der Waals surface area contributed by atoms with Crippen molar-refractivity contribution in [3.63, 3.8) is 0 Å². The highest BCUT2D eigenvalue weighted by molar-refractivity contribution is 6.20. The fraction of sp³-hybridized carbons (Fsp3) is 0.375. The van der Waals surface area contributed by atoms with Crippen LogP contribution in [-0.4, -0.2) is 15.3 Å². The van der Waals surface area contributed by atoms with Gasteiger partial charge in [0.15, 0.2) is 5.82 Å². The van der Waals surface area contributed by atoms with E-state index in [4.69, 9.17) is 20.6 Å². The van der Waals surface area contributed by atoms with Crippen molar-refractivity contribution in [1.29, 1.82) is 0 Å². The maximum atomic E-state index is 5.79. The van der Waals surface area contributed by atoms with Crippen molar-refractivity contribution in [1.82, 2.24) is 15.3 Å². The van der Waals surface area contributed by atoms with Gasteiger partial charge in [0.1, 0.15) is 11.3 Å². The summed E-state index contributed by atoms with van der Waals surface area (Å²) in [6.07, 6.45) is 1.53. The van der Waals surface area contributed by atoms with Gasteiger partial charge in [-0.25, -0.2) is 0 Å². The molecule has 0 aliphatic rings. The van der Waals surface area contributed by atoms with Gasteiger partial charge in [-0.05, 0) is 13.8 Å². The van der Waals surface area contributed by atoms with Gasteiger partial charge >= 0.3 is 0 Å². The average molecular weight is 214 g/mol. The topological polar surface area (TPSA) is 65.0 Å². The molecule has 2 heterocycles. The van der Waals surface area contributed by atoms with Crippen LogP contribution in [0.15, 0.2) is 15.2 Å².